The van der Waals surface area contributed by atoms with Crippen molar-refractivity contribution < 1.29 is 13.9 Å². The predicted octanol–water partition coefficient (Wildman–Crippen LogP) is 4.16. The van der Waals surface area contributed by atoms with Crippen LogP contribution >= 0.6 is 23.4 Å². The number of rotatable bonds is 6. The quantitative estimate of drug-likeness (QED) is 0.528. The van der Waals surface area contributed by atoms with Crippen LogP contribution in [0, 0.1) is 0 Å². The van der Waals surface area contributed by atoms with Gasteiger partial charge >= 0.3 is 5.97 Å². The maximum Gasteiger partial charge on any atom is 0.330 e. The van der Waals surface area contributed by atoms with Crippen LogP contribution in [0.15, 0.2) is 56.3 Å². The molecule has 30 heavy (non-hydrogen) atoms. The molecule has 1 aliphatic rings. The fourth-order valence-corrected chi connectivity index (χ4v) is 3.74. The molecule has 4 heterocycles. The number of aryl methyl sites for hydroxylation is 1. The molecule has 0 spiro atoms. The van der Waals surface area contributed by atoms with Crippen molar-refractivity contribution in [1.29, 1.82) is 0 Å². The van der Waals surface area contributed by atoms with Gasteiger partial charge in [-0.1, -0.05) is 17.7 Å². The van der Waals surface area contributed by atoms with Gasteiger partial charge in [0.1, 0.15) is 10.7 Å². The molecule has 10 heteroatoms. The van der Waals surface area contributed by atoms with Crippen LogP contribution in [0.4, 0.5) is 0 Å². The first-order valence-electron chi connectivity index (χ1n) is 9.22. The van der Waals surface area contributed by atoms with Gasteiger partial charge in [0, 0.05) is 30.7 Å². The summed E-state index contributed by atoms with van der Waals surface area (Å²) in [5, 5.41) is 6.13. The molecular weight excluding hydrogens is 426 g/mol. The van der Waals surface area contributed by atoms with Crippen LogP contribution < -0.4 is 0 Å². The zero-order valence-electron chi connectivity index (χ0n) is 16.3. The van der Waals surface area contributed by atoms with Gasteiger partial charge in [-0.25, -0.2) is 14.8 Å². The maximum atomic E-state index is 11.7. The summed E-state index contributed by atoms with van der Waals surface area (Å²) in [6, 6.07) is 3.04. The summed E-state index contributed by atoms with van der Waals surface area (Å²) in [6.45, 7) is 2.75. The smallest absolute Gasteiger partial charge is 0.330 e. The monoisotopic (exact) mass is 443 g/mol. The van der Waals surface area contributed by atoms with Crippen LogP contribution in [0.25, 0.3) is 17.0 Å². The minimum absolute atomic E-state index is 0.366. The molecule has 1 aliphatic heterocycles. The molecule has 154 valence electrons. The maximum absolute atomic E-state index is 11.7. The number of aliphatic imine (C=N–C) groups is 1. The van der Waals surface area contributed by atoms with Gasteiger partial charge in [-0.3, -0.25) is 9.67 Å². The molecule has 8 nitrogen and oxygen atoms in total. The number of carbonyl (C=O) groups is 1. The Labute approximate surface area is 182 Å². The zero-order chi connectivity index (χ0) is 21.1. The fraction of sp³-hybridized carbons (Fsp3) is 0.250. The second-order valence-corrected chi connectivity index (χ2v) is 7.80. The summed E-state index contributed by atoms with van der Waals surface area (Å²) >= 11 is 7.27. The van der Waals surface area contributed by atoms with E-state index in [-0.39, 0.29) is 5.97 Å². The average Bonchev–Trinajstić information content (AvgIpc) is 3.42. The number of esters is 1. The van der Waals surface area contributed by atoms with Gasteiger partial charge in [0.25, 0.3) is 0 Å². The SMILES string of the molecule is CCn1cc(-c2nc(C3=CCC(C(=O)OC)N=C3)c(Sc3ccc(Cl)cn3)o2)cn1. The highest BCUT2D eigenvalue weighted by molar-refractivity contribution is 7.99. The number of hydrogen-bond acceptors (Lipinski definition) is 8. The number of methoxy groups -OCH3 is 1. The summed E-state index contributed by atoms with van der Waals surface area (Å²) in [4.78, 5) is 25.0. The largest absolute Gasteiger partial charge is 0.467 e. The van der Waals surface area contributed by atoms with Gasteiger partial charge in [0.2, 0.25) is 5.89 Å². The van der Waals surface area contributed by atoms with Crippen LogP contribution in [-0.2, 0) is 16.1 Å². The third kappa shape index (κ3) is 4.31. The van der Waals surface area contributed by atoms with E-state index in [1.54, 1.807) is 29.4 Å². The topological polar surface area (TPSA) is 95.4 Å². The lowest BCUT2D eigenvalue weighted by Gasteiger charge is -2.12. The number of oxazole rings is 1. The molecule has 1 unspecified atom stereocenters. The van der Waals surface area contributed by atoms with Crippen molar-refractivity contribution >= 4 is 41.1 Å². The van der Waals surface area contributed by atoms with Crippen molar-refractivity contribution in [2.75, 3.05) is 7.11 Å². The molecule has 0 N–H and O–H groups in total. The number of ether oxygens (including phenoxy) is 1. The number of aromatic nitrogens is 4. The van der Waals surface area contributed by atoms with Crippen molar-refractivity contribution in [3.05, 3.63) is 47.5 Å². The second kappa shape index (κ2) is 8.85. The van der Waals surface area contributed by atoms with Gasteiger partial charge in [-0.05, 0) is 37.2 Å². The molecule has 0 aromatic carbocycles. The van der Waals surface area contributed by atoms with Crippen molar-refractivity contribution in [3.8, 4) is 11.5 Å². The van der Waals surface area contributed by atoms with Gasteiger partial charge < -0.3 is 9.15 Å². The van der Waals surface area contributed by atoms with E-state index in [2.05, 4.69) is 20.1 Å². The minimum Gasteiger partial charge on any atom is -0.467 e. The molecule has 0 bridgehead atoms. The summed E-state index contributed by atoms with van der Waals surface area (Å²) in [5.74, 6) is 0.0832. The number of halogens is 1. The van der Waals surface area contributed by atoms with E-state index >= 15 is 0 Å². The molecule has 0 saturated carbocycles. The van der Waals surface area contributed by atoms with E-state index in [0.29, 0.717) is 33.1 Å². The molecule has 4 rings (SSSR count). The van der Waals surface area contributed by atoms with E-state index in [1.165, 1.54) is 18.9 Å². The highest BCUT2D eigenvalue weighted by Crippen LogP contribution is 2.37. The van der Waals surface area contributed by atoms with Crippen molar-refractivity contribution in [2.24, 2.45) is 4.99 Å². The third-order valence-corrected chi connectivity index (χ3v) is 5.54. The third-order valence-electron chi connectivity index (χ3n) is 4.40. The Morgan fingerprint density at radius 3 is 2.90 bits per heavy atom. The Morgan fingerprint density at radius 2 is 2.27 bits per heavy atom. The molecule has 1 atom stereocenters. The van der Waals surface area contributed by atoms with Crippen LogP contribution in [-0.4, -0.2) is 45.1 Å². The van der Waals surface area contributed by atoms with E-state index in [9.17, 15) is 4.79 Å². The van der Waals surface area contributed by atoms with Crippen LogP contribution in [0.3, 0.4) is 0 Å². The Hall–Kier alpha value is -2.91. The number of hydrogen-bond donors (Lipinski definition) is 0. The lowest BCUT2D eigenvalue weighted by molar-refractivity contribution is -0.141. The number of allylic oxidation sites excluding steroid dienone is 1. The van der Waals surface area contributed by atoms with Crippen molar-refractivity contribution in [2.45, 2.75) is 36.0 Å². The second-order valence-electron chi connectivity index (χ2n) is 6.37. The summed E-state index contributed by atoms with van der Waals surface area (Å²) < 4.78 is 12.6. The van der Waals surface area contributed by atoms with Gasteiger partial charge in [-0.15, -0.1) is 0 Å². The van der Waals surface area contributed by atoms with E-state index < -0.39 is 6.04 Å². The standard InChI is InChI=1S/C20H18ClN5O3S/c1-3-26-11-13(9-24-26)18-25-17(12-4-6-15(22-8-12)19(27)28-2)20(29-18)30-16-7-5-14(21)10-23-16/h4-5,7-11,15H,3,6H2,1-2H3. The Balaban J connectivity index is 1.68. The van der Waals surface area contributed by atoms with E-state index in [0.717, 1.165) is 17.7 Å². The Kier molecular flexibility index (Phi) is 6.01. The molecule has 0 amide bonds. The first-order valence-corrected chi connectivity index (χ1v) is 10.4. The highest BCUT2D eigenvalue weighted by Gasteiger charge is 2.24. The number of pyridine rings is 1. The molecular formula is C20H18ClN5O3S. The lowest BCUT2D eigenvalue weighted by atomic mass is 10.1. The Bertz CT molecular complexity index is 1120. The zero-order valence-corrected chi connectivity index (χ0v) is 17.9. The summed E-state index contributed by atoms with van der Waals surface area (Å²) in [5.41, 5.74) is 2.17. The fourth-order valence-electron chi connectivity index (χ4n) is 2.82. The average molecular weight is 444 g/mol. The summed E-state index contributed by atoms with van der Waals surface area (Å²) in [6.07, 6.45) is 9.13. The predicted molar refractivity (Wildman–Crippen MR) is 114 cm³/mol. The van der Waals surface area contributed by atoms with Gasteiger partial charge in [0.15, 0.2) is 11.1 Å². The number of dihydropyridines is 1. The molecule has 3 aromatic heterocycles. The van der Waals surface area contributed by atoms with E-state index in [1.807, 2.05) is 25.3 Å². The van der Waals surface area contributed by atoms with Crippen LogP contribution in [0.5, 0.6) is 0 Å². The van der Waals surface area contributed by atoms with Crippen LogP contribution in [0.1, 0.15) is 19.0 Å². The van der Waals surface area contributed by atoms with Gasteiger partial charge in [-0.2, -0.15) is 5.10 Å². The van der Waals surface area contributed by atoms with Crippen molar-refractivity contribution in [3.63, 3.8) is 0 Å². The van der Waals surface area contributed by atoms with Gasteiger partial charge in [0.05, 0.1) is 23.9 Å². The number of nitrogens with zero attached hydrogens (tertiary/aromatic N) is 5. The van der Waals surface area contributed by atoms with E-state index in [4.69, 9.17) is 20.8 Å². The van der Waals surface area contributed by atoms with Crippen LogP contribution in [0.2, 0.25) is 5.02 Å². The molecule has 0 fully saturated rings. The first-order chi connectivity index (χ1) is 14.6. The highest BCUT2D eigenvalue weighted by atomic mass is 35.5. The molecule has 0 radical (unpaired) electrons. The Morgan fingerprint density at radius 1 is 1.40 bits per heavy atom. The number of carbonyl (C=O) groups excluding carboxylic acids is 1. The minimum atomic E-state index is -0.540. The lowest BCUT2D eigenvalue weighted by Crippen LogP contribution is -2.21. The molecule has 0 saturated heterocycles. The molecule has 0 aliphatic carbocycles. The normalized spacial score (nSPS) is 15.8. The van der Waals surface area contributed by atoms with Crippen molar-refractivity contribution in [1.82, 2.24) is 19.7 Å². The summed E-state index contributed by atoms with van der Waals surface area (Å²) in [7, 11) is 1.35. The molecule has 3 aromatic rings. The first kappa shape index (κ1) is 20.4.